The summed E-state index contributed by atoms with van der Waals surface area (Å²) in [7, 11) is 0. The van der Waals surface area contributed by atoms with E-state index in [0.717, 1.165) is 31.4 Å². The predicted octanol–water partition coefficient (Wildman–Crippen LogP) is 2.65. The molecule has 0 unspecified atom stereocenters. The molecular weight excluding hydrogens is 238 g/mol. The maximum atomic E-state index is 11.4. The molecule has 17 heavy (non-hydrogen) atoms. The van der Waals surface area contributed by atoms with E-state index in [1.807, 2.05) is 0 Å². The maximum absolute atomic E-state index is 11.4. The number of hydrogen-bond acceptors (Lipinski definition) is 2. The molecule has 0 aromatic heterocycles. The van der Waals surface area contributed by atoms with Crippen molar-refractivity contribution in [3.8, 4) is 0 Å². The second-order valence-corrected chi connectivity index (χ2v) is 4.86. The topological polar surface area (TPSA) is 49.3 Å². The number of hydrogen-bond donors (Lipinski definition) is 2. The van der Waals surface area contributed by atoms with Crippen LogP contribution >= 0.6 is 11.6 Å². The van der Waals surface area contributed by atoms with Crippen LogP contribution in [0.3, 0.4) is 0 Å². The van der Waals surface area contributed by atoms with Gasteiger partial charge in [0.25, 0.3) is 0 Å². The van der Waals surface area contributed by atoms with Crippen molar-refractivity contribution in [1.82, 2.24) is 5.32 Å². The molecule has 1 heterocycles. The van der Waals surface area contributed by atoms with Crippen molar-refractivity contribution in [1.29, 1.82) is 0 Å². The van der Waals surface area contributed by atoms with Gasteiger partial charge in [-0.2, -0.15) is 0 Å². The number of rotatable bonds is 3. The van der Waals surface area contributed by atoms with E-state index in [-0.39, 0.29) is 6.04 Å². The number of nitrogens with one attached hydrogen (secondary N) is 1. The molecule has 3 nitrogen and oxygen atoms in total. The molecule has 2 rings (SSSR count). The van der Waals surface area contributed by atoms with E-state index in [1.165, 1.54) is 0 Å². The third-order valence-corrected chi connectivity index (χ3v) is 3.50. The minimum Gasteiger partial charge on any atom is -0.481 e. The van der Waals surface area contributed by atoms with Gasteiger partial charge in [0.1, 0.15) is 0 Å². The summed E-state index contributed by atoms with van der Waals surface area (Å²) in [6, 6.07) is 7.13. The van der Waals surface area contributed by atoms with Crippen LogP contribution in [0.15, 0.2) is 24.3 Å². The summed E-state index contributed by atoms with van der Waals surface area (Å²) < 4.78 is 0. The smallest absolute Gasteiger partial charge is 0.312 e. The van der Waals surface area contributed by atoms with Crippen LogP contribution in [0.1, 0.15) is 30.7 Å². The third-order valence-electron chi connectivity index (χ3n) is 3.25. The molecule has 1 aliphatic heterocycles. The first kappa shape index (κ1) is 12.4. The fourth-order valence-electron chi connectivity index (χ4n) is 2.38. The largest absolute Gasteiger partial charge is 0.481 e. The molecule has 92 valence electrons. The molecule has 0 radical (unpaired) electrons. The van der Waals surface area contributed by atoms with Crippen molar-refractivity contribution in [2.24, 2.45) is 0 Å². The number of aliphatic carboxylic acids is 1. The number of carboxylic acids is 1. The second-order valence-electron chi connectivity index (χ2n) is 4.42. The van der Waals surface area contributed by atoms with Gasteiger partial charge < -0.3 is 10.4 Å². The highest BCUT2D eigenvalue weighted by Gasteiger charge is 2.30. The lowest BCUT2D eigenvalue weighted by Crippen LogP contribution is -2.41. The van der Waals surface area contributed by atoms with Crippen LogP contribution < -0.4 is 5.32 Å². The Bertz CT molecular complexity index is 385. The minimum atomic E-state index is -0.772. The Hall–Kier alpha value is -1.06. The fourth-order valence-corrected chi connectivity index (χ4v) is 2.51. The van der Waals surface area contributed by atoms with Gasteiger partial charge in [0.2, 0.25) is 0 Å². The van der Waals surface area contributed by atoms with Gasteiger partial charge >= 0.3 is 5.97 Å². The molecular formula is C13H16ClNO2. The summed E-state index contributed by atoms with van der Waals surface area (Å²) >= 11 is 5.82. The highest BCUT2D eigenvalue weighted by Crippen LogP contribution is 2.26. The number of carboxylic acid groups (broad SMARTS) is 1. The zero-order chi connectivity index (χ0) is 12.3. The van der Waals surface area contributed by atoms with E-state index in [0.29, 0.717) is 5.02 Å². The van der Waals surface area contributed by atoms with Gasteiger partial charge in [-0.1, -0.05) is 30.2 Å². The Morgan fingerprint density at radius 2 is 2.06 bits per heavy atom. The number of piperidine rings is 1. The monoisotopic (exact) mass is 253 g/mol. The molecule has 0 aliphatic carbocycles. The minimum absolute atomic E-state index is 0.0300. The molecule has 1 saturated heterocycles. The summed E-state index contributed by atoms with van der Waals surface area (Å²) in [6.07, 6.45) is 3.14. The van der Waals surface area contributed by atoms with Gasteiger partial charge in [-0.25, -0.2) is 0 Å². The van der Waals surface area contributed by atoms with Crippen molar-refractivity contribution in [3.63, 3.8) is 0 Å². The van der Waals surface area contributed by atoms with Crippen molar-refractivity contribution >= 4 is 17.6 Å². The van der Waals surface area contributed by atoms with Gasteiger partial charge in [0.05, 0.1) is 5.92 Å². The van der Waals surface area contributed by atoms with Crippen LogP contribution in [-0.4, -0.2) is 23.7 Å². The van der Waals surface area contributed by atoms with Gasteiger partial charge in [0, 0.05) is 11.1 Å². The van der Waals surface area contributed by atoms with Crippen molar-refractivity contribution < 1.29 is 9.90 Å². The van der Waals surface area contributed by atoms with E-state index in [4.69, 9.17) is 11.6 Å². The second kappa shape index (κ2) is 5.52. The number of carbonyl (C=O) groups is 1. The molecule has 0 spiro atoms. The molecule has 2 atom stereocenters. The van der Waals surface area contributed by atoms with Crippen LogP contribution in [0.2, 0.25) is 5.02 Å². The lowest BCUT2D eigenvalue weighted by molar-refractivity contribution is -0.139. The van der Waals surface area contributed by atoms with Crippen LogP contribution in [0, 0.1) is 0 Å². The van der Waals surface area contributed by atoms with Crippen molar-refractivity contribution in [3.05, 3.63) is 34.9 Å². The Morgan fingerprint density at radius 1 is 1.35 bits per heavy atom. The Labute approximate surface area is 106 Å². The van der Waals surface area contributed by atoms with Gasteiger partial charge in [-0.3, -0.25) is 4.79 Å². The average Bonchev–Trinajstić information content (AvgIpc) is 2.33. The molecule has 2 N–H and O–H groups in total. The van der Waals surface area contributed by atoms with Crippen LogP contribution in [0.4, 0.5) is 0 Å². The summed E-state index contributed by atoms with van der Waals surface area (Å²) in [5.41, 5.74) is 0.821. The Morgan fingerprint density at radius 3 is 2.59 bits per heavy atom. The van der Waals surface area contributed by atoms with E-state index in [1.54, 1.807) is 24.3 Å². The van der Waals surface area contributed by atoms with Crippen LogP contribution in [0.25, 0.3) is 0 Å². The standard InChI is InChI=1S/C13H16ClNO2/c14-10-6-4-9(5-7-10)12(13(16)17)11-3-1-2-8-15-11/h4-7,11-12,15H,1-3,8H2,(H,16,17)/t11-,12-/m0/s1. The fraction of sp³-hybridized carbons (Fsp3) is 0.462. The molecule has 1 aromatic rings. The van der Waals surface area contributed by atoms with Gasteiger partial charge in [0.15, 0.2) is 0 Å². The molecule has 1 aliphatic rings. The van der Waals surface area contributed by atoms with Crippen molar-refractivity contribution in [2.45, 2.75) is 31.2 Å². The first-order valence-electron chi connectivity index (χ1n) is 5.90. The highest BCUT2D eigenvalue weighted by molar-refractivity contribution is 6.30. The van der Waals surface area contributed by atoms with Gasteiger partial charge in [-0.05, 0) is 37.1 Å². The summed E-state index contributed by atoms with van der Waals surface area (Å²) in [5.74, 6) is -1.25. The quantitative estimate of drug-likeness (QED) is 0.871. The predicted molar refractivity (Wildman–Crippen MR) is 67.5 cm³/mol. The first-order valence-corrected chi connectivity index (χ1v) is 6.28. The van der Waals surface area contributed by atoms with E-state index in [2.05, 4.69) is 5.32 Å². The third kappa shape index (κ3) is 2.99. The average molecular weight is 254 g/mol. The van der Waals surface area contributed by atoms with Crippen LogP contribution in [0.5, 0.6) is 0 Å². The maximum Gasteiger partial charge on any atom is 0.312 e. The van der Waals surface area contributed by atoms with Gasteiger partial charge in [-0.15, -0.1) is 0 Å². The number of halogens is 1. The summed E-state index contributed by atoms with van der Waals surface area (Å²) in [5, 5.41) is 13.3. The highest BCUT2D eigenvalue weighted by atomic mass is 35.5. The van der Waals surface area contributed by atoms with Crippen LogP contribution in [-0.2, 0) is 4.79 Å². The lowest BCUT2D eigenvalue weighted by atomic mass is 9.86. The summed E-state index contributed by atoms with van der Waals surface area (Å²) in [6.45, 7) is 0.905. The molecule has 1 fully saturated rings. The van der Waals surface area contributed by atoms with E-state index >= 15 is 0 Å². The number of benzene rings is 1. The molecule has 1 aromatic carbocycles. The summed E-state index contributed by atoms with van der Waals surface area (Å²) in [4.78, 5) is 11.4. The Kier molecular flexibility index (Phi) is 4.02. The Balaban J connectivity index is 2.21. The van der Waals surface area contributed by atoms with E-state index in [9.17, 15) is 9.90 Å². The van der Waals surface area contributed by atoms with Crippen molar-refractivity contribution in [2.75, 3.05) is 6.54 Å². The first-order chi connectivity index (χ1) is 8.18. The molecule has 0 amide bonds. The lowest BCUT2D eigenvalue weighted by Gasteiger charge is -2.29. The molecule has 0 saturated carbocycles. The van der Waals surface area contributed by atoms with E-state index < -0.39 is 11.9 Å². The zero-order valence-electron chi connectivity index (χ0n) is 9.53. The molecule has 4 heteroatoms. The zero-order valence-corrected chi connectivity index (χ0v) is 10.3. The SMILES string of the molecule is O=C(O)[C@@H](c1ccc(Cl)cc1)[C@@H]1CCCCN1. The normalized spacial score (nSPS) is 22.1. The molecule has 0 bridgehead atoms.